The highest BCUT2D eigenvalue weighted by molar-refractivity contribution is 7.15. The number of nitrogens with zero attached hydrogens (tertiary/aromatic N) is 4. The van der Waals surface area contributed by atoms with Gasteiger partial charge in [0.1, 0.15) is 5.01 Å². The summed E-state index contributed by atoms with van der Waals surface area (Å²) in [6.07, 6.45) is 3.97. The van der Waals surface area contributed by atoms with Crippen LogP contribution in [0.2, 0.25) is 0 Å². The zero-order chi connectivity index (χ0) is 13.2. The molecule has 0 unspecified atom stereocenters. The van der Waals surface area contributed by atoms with E-state index >= 15 is 0 Å². The SMILES string of the molecule is CNc1nnc(CN(C)CC2(N(C)C)CCC2)s1. The Balaban J connectivity index is 1.90. The molecule has 0 aliphatic heterocycles. The average Bonchev–Trinajstić information content (AvgIpc) is 2.70. The summed E-state index contributed by atoms with van der Waals surface area (Å²) in [5.41, 5.74) is 0.380. The quantitative estimate of drug-likeness (QED) is 0.848. The van der Waals surface area contributed by atoms with E-state index in [1.807, 2.05) is 7.05 Å². The topological polar surface area (TPSA) is 44.3 Å². The Kier molecular flexibility index (Phi) is 4.19. The maximum Gasteiger partial charge on any atom is 0.205 e. The third kappa shape index (κ3) is 2.81. The second-order valence-corrected chi connectivity index (χ2v) is 6.46. The van der Waals surface area contributed by atoms with E-state index < -0.39 is 0 Å². The van der Waals surface area contributed by atoms with Gasteiger partial charge in [0.15, 0.2) is 0 Å². The number of rotatable bonds is 6. The van der Waals surface area contributed by atoms with Crippen molar-refractivity contribution in [3.05, 3.63) is 5.01 Å². The second-order valence-electron chi connectivity index (χ2n) is 5.40. The number of nitrogens with one attached hydrogen (secondary N) is 1. The lowest BCUT2D eigenvalue weighted by atomic mass is 9.75. The maximum atomic E-state index is 4.20. The van der Waals surface area contributed by atoms with Crippen molar-refractivity contribution in [3.63, 3.8) is 0 Å². The standard InChI is InChI=1S/C12H23N5S/c1-13-11-15-14-10(18-11)8-17(4)9-12(16(2)3)6-5-7-12/h5-9H2,1-4H3,(H,13,15). The monoisotopic (exact) mass is 269 g/mol. The molecule has 1 aliphatic rings. The van der Waals surface area contributed by atoms with Gasteiger partial charge < -0.3 is 10.2 Å². The van der Waals surface area contributed by atoms with Crippen molar-refractivity contribution in [1.29, 1.82) is 0 Å². The fourth-order valence-electron chi connectivity index (χ4n) is 2.54. The van der Waals surface area contributed by atoms with Crippen LogP contribution in [0.1, 0.15) is 24.3 Å². The van der Waals surface area contributed by atoms with Crippen LogP contribution < -0.4 is 5.32 Å². The summed E-state index contributed by atoms with van der Waals surface area (Å²) in [6, 6.07) is 0. The third-order valence-corrected chi connectivity index (χ3v) is 4.81. The molecule has 1 saturated carbocycles. The highest BCUT2D eigenvalue weighted by atomic mass is 32.1. The zero-order valence-corrected chi connectivity index (χ0v) is 12.5. The number of hydrogen-bond donors (Lipinski definition) is 1. The summed E-state index contributed by atoms with van der Waals surface area (Å²) in [6.45, 7) is 1.99. The fourth-order valence-corrected chi connectivity index (χ4v) is 3.31. The molecule has 1 aromatic heterocycles. The van der Waals surface area contributed by atoms with E-state index in [4.69, 9.17) is 0 Å². The summed E-state index contributed by atoms with van der Waals surface area (Å²) in [5, 5.41) is 13.3. The van der Waals surface area contributed by atoms with Gasteiger partial charge in [0.25, 0.3) is 0 Å². The smallest absolute Gasteiger partial charge is 0.205 e. The summed E-state index contributed by atoms with van der Waals surface area (Å²) in [7, 11) is 8.43. The molecule has 18 heavy (non-hydrogen) atoms. The Hall–Kier alpha value is -0.720. The van der Waals surface area contributed by atoms with Gasteiger partial charge in [-0.2, -0.15) is 0 Å². The highest BCUT2D eigenvalue weighted by Crippen LogP contribution is 2.36. The zero-order valence-electron chi connectivity index (χ0n) is 11.7. The lowest BCUT2D eigenvalue weighted by Gasteiger charge is -2.49. The van der Waals surface area contributed by atoms with Crippen LogP contribution in [0.5, 0.6) is 0 Å². The van der Waals surface area contributed by atoms with E-state index in [0.29, 0.717) is 5.54 Å². The molecule has 1 N–H and O–H groups in total. The minimum absolute atomic E-state index is 0.380. The van der Waals surface area contributed by atoms with Gasteiger partial charge in [0.2, 0.25) is 5.13 Å². The molecule has 0 radical (unpaired) electrons. The van der Waals surface area contributed by atoms with Gasteiger partial charge in [-0.3, -0.25) is 4.90 Å². The van der Waals surface area contributed by atoms with Crippen molar-refractivity contribution >= 4 is 16.5 Å². The first-order valence-corrected chi connectivity index (χ1v) is 7.23. The Morgan fingerprint density at radius 1 is 1.28 bits per heavy atom. The Morgan fingerprint density at radius 3 is 2.44 bits per heavy atom. The lowest BCUT2D eigenvalue weighted by molar-refractivity contribution is 0.0258. The fraction of sp³-hybridized carbons (Fsp3) is 0.833. The minimum atomic E-state index is 0.380. The van der Waals surface area contributed by atoms with Gasteiger partial charge in [0.05, 0.1) is 6.54 Å². The van der Waals surface area contributed by atoms with Crippen molar-refractivity contribution in [2.24, 2.45) is 0 Å². The van der Waals surface area contributed by atoms with E-state index in [2.05, 4.69) is 46.5 Å². The molecular weight excluding hydrogens is 246 g/mol. The molecule has 5 nitrogen and oxygen atoms in total. The summed E-state index contributed by atoms with van der Waals surface area (Å²) in [5.74, 6) is 0. The molecule has 1 aliphatic carbocycles. The number of anilines is 1. The van der Waals surface area contributed by atoms with Gasteiger partial charge in [-0.15, -0.1) is 10.2 Å². The van der Waals surface area contributed by atoms with Gasteiger partial charge in [-0.05, 0) is 40.4 Å². The Bertz CT molecular complexity index is 386. The van der Waals surface area contributed by atoms with E-state index in [1.165, 1.54) is 19.3 Å². The summed E-state index contributed by atoms with van der Waals surface area (Å²) >= 11 is 1.63. The Morgan fingerprint density at radius 2 is 2.00 bits per heavy atom. The van der Waals surface area contributed by atoms with E-state index in [0.717, 1.165) is 23.2 Å². The normalized spacial score (nSPS) is 18.1. The van der Waals surface area contributed by atoms with Crippen LogP contribution in [0, 0.1) is 0 Å². The van der Waals surface area contributed by atoms with Crippen LogP contribution in [-0.2, 0) is 6.54 Å². The largest absolute Gasteiger partial charge is 0.363 e. The highest BCUT2D eigenvalue weighted by Gasteiger charge is 2.39. The molecular formula is C12H23N5S. The van der Waals surface area contributed by atoms with Crippen LogP contribution in [0.4, 0.5) is 5.13 Å². The molecule has 6 heteroatoms. The van der Waals surface area contributed by atoms with Crippen LogP contribution in [0.3, 0.4) is 0 Å². The third-order valence-electron chi connectivity index (χ3n) is 3.88. The Labute approximate surface area is 113 Å². The van der Waals surface area contributed by atoms with Crippen LogP contribution in [-0.4, -0.2) is 60.3 Å². The molecule has 0 atom stereocenters. The van der Waals surface area contributed by atoms with Crippen LogP contribution in [0.15, 0.2) is 0 Å². The molecule has 0 aromatic carbocycles. The van der Waals surface area contributed by atoms with Gasteiger partial charge in [-0.25, -0.2) is 0 Å². The van der Waals surface area contributed by atoms with Gasteiger partial charge in [0, 0.05) is 19.1 Å². The molecule has 0 amide bonds. The van der Waals surface area contributed by atoms with Crippen molar-refractivity contribution in [2.45, 2.75) is 31.3 Å². The molecule has 1 aromatic rings. The average molecular weight is 269 g/mol. The number of likely N-dealkylation sites (N-methyl/N-ethyl adjacent to an activating group) is 2. The van der Waals surface area contributed by atoms with E-state index in [9.17, 15) is 0 Å². The molecule has 2 rings (SSSR count). The van der Waals surface area contributed by atoms with Gasteiger partial charge >= 0.3 is 0 Å². The predicted molar refractivity (Wildman–Crippen MR) is 76.1 cm³/mol. The number of aromatic nitrogens is 2. The van der Waals surface area contributed by atoms with Crippen LogP contribution >= 0.6 is 11.3 Å². The molecule has 0 spiro atoms. The molecule has 0 saturated heterocycles. The minimum Gasteiger partial charge on any atom is -0.363 e. The molecule has 1 fully saturated rings. The van der Waals surface area contributed by atoms with Crippen LogP contribution in [0.25, 0.3) is 0 Å². The van der Waals surface area contributed by atoms with E-state index in [1.54, 1.807) is 11.3 Å². The molecule has 102 valence electrons. The predicted octanol–water partition coefficient (Wildman–Crippen LogP) is 1.50. The van der Waals surface area contributed by atoms with Crippen molar-refractivity contribution in [1.82, 2.24) is 20.0 Å². The maximum absolute atomic E-state index is 4.20. The van der Waals surface area contributed by atoms with Crippen molar-refractivity contribution in [2.75, 3.05) is 40.1 Å². The van der Waals surface area contributed by atoms with E-state index in [-0.39, 0.29) is 0 Å². The number of hydrogen-bond acceptors (Lipinski definition) is 6. The van der Waals surface area contributed by atoms with Gasteiger partial charge in [-0.1, -0.05) is 11.3 Å². The summed E-state index contributed by atoms with van der Waals surface area (Å²) in [4.78, 5) is 4.74. The van der Waals surface area contributed by atoms with Crippen molar-refractivity contribution < 1.29 is 0 Å². The molecule has 0 bridgehead atoms. The summed E-state index contributed by atoms with van der Waals surface area (Å²) < 4.78 is 0. The first kappa shape index (κ1) is 13.7. The molecule has 1 heterocycles. The first-order valence-electron chi connectivity index (χ1n) is 6.42. The lowest BCUT2D eigenvalue weighted by Crippen LogP contribution is -2.56. The first-order chi connectivity index (χ1) is 8.55. The second kappa shape index (κ2) is 5.50. The van der Waals surface area contributed by atoms with Crippen molar-refractivity contribution in [3.8, 4) is 0 Å².